The summed E-state index contributed by atoms with van der Waals surface area (Å²) in [6.45, 7) is 2.11. The lowest BCUT2D eigenvalue weighted by Crippen LogP contribution is -2.19. The predicted molar refractivity (Wildman–Crippen MR) is 75.7 cm³/mol. The Bertz CT molecular complexity index is 404. The van der Waals surface area contributed by atoms with Gasteiger partial charge in [-0.1, -0.05) is 38.0 Å². The second kappa shape index (κ2) is 8.43. The highest BCUT2D eigenvalue weighted by molar-refractivity contribution is 5.72. The number of carboxylic acids is 1. The van der Waals surface area contributed by atoms with Gasteiger partial charge in [-0.15, -0.1) is 0 Å². The van der Waals surface area contributed by atoms with E-state index >= 15 is 0 Å². The highest BCUT2D eigenvalue weighted by atomic mass is 16.4. The van der Waals surface area contributed by atoms with Gasteiger partial charge < -0.3 is 10.8 Å². The molecule has 4 heteroatoms. The molecule has 0 aromatic carbocycles. The first-order valence-electron chi connectivity index (χ1n) is 6.69. The maximum atomic E-state index is 11.2. The quantitative estimate of drug-likeness (QED) is 0.705. The molecule has 0 fully saturated rings. The fourth-order valence-electron chi connectivity index (χ4n) is 1.82. The Morgan fingerprint density at radius 2 is 2.32 bits per heavy atom. The molecule has 0 spiro atoms. The summed E-state index contributed by atoms with van der Waals surface area (Å²) in [5.41, 5.74) is 6.83. The summed E-state index contributed by atoms with van der Waals surface area (Å²) in [7, 11) is 0. The van der Waals surface area contributed by atoms with Crippen molar-refractivity contribution in [2.24, 2.45) is 11.7 Å². The largest absolute Gasteiger partial charge is 0.481 e. The number of aliphatic carboxylic acids is 1. The summed E-state index contributed by atoms with van der Waals surface area (Å²) in [5.74, 6) is -1.38. The summed E-state index contributed by atoms with van der Waals surface area (Å²) >= 11 is 0. The fourth-order valence-corrected chi connectivity index (χ4v) is 1.82. The normalized spacial score (nSPS) is 14.4. The van der Waals surface area contributed by atoms with Crippen molar-refractivity contribution in [3.8, 4) is 0 Å². The van der Waals surface area contributed by atoms with Gasteiger partial charge in [0.1, 0.15) is 0 Å². The van der Waals surface area contributed by atoms with Crippen LogP contribution < -0.4 is 5.73 Å². The molecule has 1 aromatic rings. The maximum Gasteiger partial charge on any atom is 0.310 e. The zero-order valence-electron chi connectivity index (χ0n) is 11.3. The van der Waals surface area contributed by atoms with Gasteiger partial charge in [0, 0.05) is 18.4 Å². The van der Waals surface area contributed by atoms with Crippen LogP contribution in [0.4, 0.5) is 0 Å². The number of hydrogen-bond donors (Lipinski definition) is 2. The third kappa shape index (κ3) is 6.15. The first-order valence-corrected chi connectivity index (χ1v) is 6.69. The molecule has 0 aliphatic heterocycles. The van der Waals surface area contributed by atoms with E-state index in [1.807, 2.05) is 18.2 Å². The van der Waals surface area contributed by atoms with Crippen molar-refractivity contribution in [3.05, 3.63) is 42.2 Å². The third-order valence-electron chi connectivity index (χ3n) is 2.98. The molecule has 0 unspecified atom stereocenters. The molecule has 0 radical (unpaired) electrons. The van der Waals surface area contributed by atoms with Crippen LogP contribution in [0.3, 0.4) is 0 Å². The molecule has 2 atom stereocenters. The second-order valence-electron chi connectivity index (χ2n) is 4.70. The number of nitrogens with zero attached hydrogens (tertiary/aromatic N) is 1. The van der Waals surface area contributed by atoms with Gasteiger partial charge in [0.15, 0.2) is 0 Å². The molecule has 3 N–H and O–H groups in total. The average Bonchev–Trinajstić information content (AvgIpc) is 2.41. The third-order valence-corrected chi connectivity index (χ3v) is 2.98. The van der Waals surface area contributed by atoms with Gasteiger partial charge in [-0.25, -0.2) is 0 Å². The molecule has 0 saturated carbocycles. The van der Waals surface area contributed by atoms with E-state index in [1.165, 1.54) is 0 Å². The van der Waals surface area contributed by atoms with Gasteiger partial charge in [-0.05, 0) is 24.5 Å². The number of carbonyl (C=O) groups is 1. The van der Waals surface area contributed by atoms with E-state index < -0.39 is 11.9 Å². The van der Waals surface area contributed by atoms with Crippen molar-refractivity contribution in [1.29, 1.82) is 0 Å². The number of rotatable bonds is 8. The van der Waals surface area contributed by atoms with Crippen molar-refractivity contribution in [2.45, 2.75) is 38.6 Å². The lowest BCUT2D eigenvalue weighted by molar-refractivity contribution is -0.140. The van der Waals surface area contributed by atoms with Crippen LogP contribution in [-0.2, 0) is 11.2 Å². The Labute approximate surface area is 114 Å². The van der Waals surface area contributed by atoms with Gasteiger partial charge in [0.2, 0.25) is 0 Å². The molecule has 0 bridgehead atoms. The van der Waals surface area contributed by atoms with Crippen LogP contribution in [-0.4, -0.2) is 22.1 Å². The summed E-state index contributed by atoms with van der Waals surface area (Å²) < 4.78 is 0. The smallest absolute Gasteiger partial charge is 0.310 e. The first kappa shape index (κ1) is 15.4. The van der Waals surface area contributed by atoms with Crippen molar-refractivity contribution in [2.75, 3.05) is 0 Å². The van der Waals surface area contributed by atoms with Crippen molar-refractivity contribution < 1.29 is 9.90 Å². The summed E-state index contributed by atoms with van der Waals surface area (Å²) in [6, 6.07) is 3.63. The molecule has 19 heavy (non-hydrogen) atoms. The lowest BCUT2D eigenvalue weighted by Gasteiger charge is -2.09. The molecular weight excluding hydrogens is 240 g/mol. The SMILES string of the molecule is CCCC[C@H](N)/C=C\[C@@H](Cc1cccnc1)C(=O)O. The molecule has 0 saturated heterocycles. The van der Waals surface area contributed by atoms with Crippen molar-refractivity contribution >= 4 is 5.97 Å². The Balaban J connectivity index is 2.58. The fraction of sp³-hybridized carbons (Fsp3) is 0.467. The minimum Gasteiger partial charge on any atom is -0.481 e. The van der Waals surface area contributed by atoms with Gasteiger partial charge in [0.05, 0.1) is 5.92 Å². The topological polar surface area (TPSA) is 76.2 Å². The van der Waals surface area contributed by atoms with E-state index in [1.54, 1.807) is 18.5 Å². The highest BCUT2D eigenvalue weighted by Crippen LogP contribution is 2.11. The van der Waals surface area contributed by atoms with Crippen LogP contribution in [0.1, 0.15) is 31.7 Å². The Hall–Kier alpha value is -1.68. The van der Waals surface area contributed by atoms with E-state index in [9.17, 15) is 9.90 Å². The van der Waals surface area contributed by atoms with Crippen LogP contribution in [0.2, 0.25) is 0 Å². The molecule has 1 aromatic heterocycles. The van der Waals surface area contributed by atoms with Gasteiger partial charge in [-0.2, -0.15) is 0 Å². The van der Waals surface area contributed by atoms with Crippen LogP contribution in [0, 0.1) is 5.92 Å². The summed E-state index contributed by atoms with van der Waals surface area (Å²) in [4.78, 5) is 15.2. The number of unbranched alkanes of at least 4 members (excludes halogenated alkanes) is 1. The zero-order chi connectivity index (χ0) is 14.1. The van der Waals surface area contributed by atoms with E-state index in [2.05, 4.69) is 11.9 Å². The van der Waals surface area contributed by atoms with Crippen LogP contribution in [0.5, 0.6) is 0 Å². The molecule has 0 aliphatic rings. The van der Waals surface area contributed by atoms with E-state index in [-0.39, 0.29) is 6.04 Å². The lowest BCUT2D eigenvalue weighted by atomic mass is 9.98. The number of carboxylic acid groups (broad SMARTS) is 1. The second-order valence-corrected chi connectivity index (χ2v) is 4.70. The van der Waals surface area contributed by atoms with E-state index in [0.29, 0.717) is 6.42 Å². The number of nitrogens with two attached hydrogens (primary N) is 1. The van der Waals surface area contributed by atoms with Crippen molar-refractivity contribution in [3.63, 3.8) is 0 Å². The molecule has 104 valence electrons. The van der Waals surface area contributed by atoms with Gasteiger partial charge >= 0.3 is 5.97 Å². The first-order chi connectivity index (χ1) is 9.13. The standard InChI is InChI=1S/C15H22N2O2/c1-2-3-6-14(16)8-7-13(15(18)19)10-12-5-4-9-17-11-12/h4-5,7-9,11,13-14H,2-3,6,10,16H2,1H3,(H,18,19)/b8-7-/t13-,14-/m0/s1. The van der Waals surface area contributed by atoms with Gasteiger partial charge in [0.25, 0.3) is 0 Å². The van der Waals surface area contributed by atoms with Crippen LogP contribution in [0.15, 0.2) is 36.7 Å². The monoisotopic (exact) mass is 262 g/mol. The number of aromatic nitrogens is 1. The Kier molecular flexibility index (Phi) is 6.82. The molecule has 1 rings (SSSR count). The molecule has 0 amide bonds. The van der Waals surface area contributed by atoms with Crippen molar-refractivity contribution in [1.82, 2.24) is 4.98 Å². The molecule has 4 nitrogen and oxygen atoms in total. The van der Waals surface area contributed by atoms with Gasteiger partial charge in [-0.3, -0.25) is 9.78 Å². The minimum atomic E-state index is -0.831. The van der Waals surface area contributed by atoms with Crippen LogP contribution >= 0.6 is 0 Å². The number of pyridine rings is 1. The number of hydrogen-bond acceptors (Lipinski definition) is 3. The highest BCUT2D eigenvalue weighted by Gasteiger charge is 2.15. The Morgan fingerprint density at radius 3 is 2.89 bits per heavy atom. The molecular formula is C15H22N2O2. The predicted octanol–water partition coefficient (Wildman–Crippen LogP) is 2.40. The molecule has 1 heterocycles. The molecule has 0 aliphatic carbocycles. The zero-order valence-corrected chi connectivity index (χ0v) is 11.3. The van der Waals surface area contributed by atoms with E-state index in [4.69, 9.17) is 5.73 Å². The summed E-state index contributed by atoms with van der Waals surface area (Å²) in [5, 5.41) is 9.21. The van der Waals surface area contributed by atoms with E-state index in [0.717, 1.165) is 24.8 Å². The summed E-state index contributed by atoms with van der Waals surface area (Å²) in [6.07, 6.45) is 10.4. The average molecular weight is 262 g/mol. The Morgan fingerprint density at radius 1 is 1.53 bits per heavy atom. The minimum absolute atomic E-state index is 0.0595. The van der Waals surface area contributed by atoms with Crippen LogP contribution in [0.25, 0.3) is 0 Å². The maximum absolute atomic E-state index is 11.2.